The third kappa shape index (κ3) is 4.21. The fourth-order valence-electron chi connectivity index (χ4n) is 1.20. The lowest BCUT2D eigenvalue weighted by Gasteiger charge is -2.13. The van der Waals surface area contributed by atoms with Gasteiger partial charge in [0.15, 0.2) is 0 Å². The molecule has 0 aromatic carbocycles. The van der Waals surface area contributed by atoms with Gasteiger partial charge >= 0.3 is 5.97 Å². The number of nitrogens with one attached hydrogen (secondary N) is 2. The number of amides is 1. The van der Waals surface area contributed by atoms with Crippen LogP contribution in [0, 0.1) is 0 Å². The highest BCUT2D eigenvalue weighted by atomic mass is 32.2. The van der Waals surface area contributed by atoms with Gasteiger partial charge in [-0.25, -0.2) is 9.89 Å². The second-order valence-corrected chi connectivity index (χ2v) is 4.44. The normalized spacial score (nSPS) is 11.8. The maximum absolute atomic E-state index is 11.7. The maximum atomic E-state index is 11.7. The highest BCUT2D eigenvalue weighted by molar-refractivity contribution is 7.98. The molecule has 0 bridgehead atoms. The summed E-state index contributed by atoms with van der Waals surface area (Å²) in [7, 11) is 0. The Labute approximate surface area is 107 Å². The van der Waals surface area contributed by atoms with E-state index in [1.165, 1.54) is 17.8 Å². The van der Waals surface area contributed by atoms with Crippen molar-refractivity contribution in [2.45, 2.75) is 12.5 Å². The minimum Gasteiger partial charge on any atom is -0.480 e. The van der Waals surface area contributed by atoms with Crippen molar-refractivity contribution in [3.63, 3.8) is 0 Å². The van der Waals surface area contributed by atoms with Crippen LogP contribution < -0.4 is 10.9 Å². The van der Waals surface area contributed by atoms with Gasteiger partial charge in [-0.1, -0.05) is 0 Å². The molecule has 1 rings (SSSR count). The lowest BCUT2D eigenvalue weighted by Crippen LogP contribution is -2.41. The van der Waals surface area contributed by atoms with E-state index in [9.17, 15) is 14.4 Å². The number of H-pyrrole nitrogens is 1. The number of carboxylic acid groups (broad SMARTS) is 1. The molecule has 1 atom stereocenters. The van der Waals surface area contributed by atoms with E-state index in [0.29, 0.717) is 12.2 Å². The number of thioether (sulfide) groups is 1. The molecule has 0 saturated carbocycles. The van der Waals surface area contributed by atoms with Crippen LogP contribution in [0.4, 0.5) is 0 Å². The first-order chi connectivity index (χ1) is 8.54. The Bertz CT molecular complexity index is 468. The molecule has 8 heteroatoms. The lowest BCUT2D eigenvalue weighted by molar-refractivity contribution is -0.139. The fraction of sp³-hybridized carbons (Fsp3) is 0.400. The number of rotatable bonds is 6. The Morgan fingerprint density at radius 2 is 2.28 bits per heavy atom. The molecule has 3 N–H and O–H groups in total. The molecule has 0 saturated heterocycles. The van der Waals surface area contributed by atoms with Crippen molar-refractivity contribution in [1.82, 2.24) is 15.5 Å². The van der Waals surface area contributed by atoms with Gasteiger partial charge in [0.2, 0.25) is 0 Å². The summed E-state index contributed by atoms with van der Waals surface area (Å²) < 4.78 is 0. The molecular formula is C10H13N3O4S. The molecule has 0 spiro atoms. The number of aromatic nitrogens is 2. The second kappa shape index (κ2) is 6.80. The van der Waals surface area contributed by atoms with E-state index in [1.807, 2.05) is 6.26 Å². The zero-order chi connectivity index (χ0) is 13.5. The summed E-state index contributed by atoms with van der Waals surface area (Å²) in [5.41, 5.74) is -0.450. The van der Waals surface area contributed by atoms with Crippen LogP contribution in [-0.4, -0.2) is 45.2 Å². The summed E-state index contributed by atoms with van der Waals surface area (Å²) >= 11 is 1.49. The summed E-state index contributed by atoms with van der Waals surface area (Å²) in [6.07, 6.45) is 2.18. The Morgan fingerprint density at radius 1 is 1.56 bits per heavy atom. The molecule has 7 nitrogen and oxygen atoms in total. The predicted octanol–water partition coefficient (Wildman–Crippen LogP) is -0.294. The minimum atomic E-state index is -1.10. The monoisotopic (exact) mass is 271 g/mol. The molecule has 0 fully saturated rings. The van der Waals surface area contributed by atoms with Gasteiger partial charge in [-0.05, 0) is 24.5 Å². The van der Waals surface area contributed by atoms with Gasteiger partial charge < -0.3 is 10.4 Å². The quantitative estimate of drug-likeness (QED) is 0.655. The zero-order valence-electron chi connectivity index (χ0n) is 9.67. The molecule has 0 aliphatic rings. The molecule has 0 radical (unpaired) electrons. The number of carboxylic acids is 1. The summed E-state index contributed by atoms with van der Waals surface area (Å²) in [5, 5.41) is 16.9. The van der Waals surface area contributed by atoms with Crippen molar-refractivity contribution in [3.8, 4) is 0 Å². The van der Waals surface area contributed by atoms with Crippen molar-refractivity contribution >= 4 is 23.6 Å². The van der Waals surface area contributed by atoms with Gasteiger partial charge in [-0.15, -0.1) is 0 Å². The number of carbonyl (C=O) groups is 2. The third-order valence-electron chi connectivity index (χ3n) is 2.13. The van der Waals surface area contributed by atoms with Gasteiger partial charge in [-0.3, -0.25) is 9.59 Å². The minimum absolute atomic E-state index is 0.0231. The van der Waals surface area contributed by atoms with Gasteiger partial charge in [0.1, 0.15) is 11.7 Å². The lowest BCUT2D eigenvalue weighted by atomic mass is 10.2. The molecule has 1 aromatic rings. The van der Waals surface area contributed by atoms with E-state index < -0.39 is 23.5 Å². The number of hydrogen-bond acceptors (Lipinski definition) is 5. The van der Waals surface area contributed by atoms with E-state index in [-0.39, 0.29) is 5.69 Å². The Balaban J connectivity index is 2.68. The van der Waals surface area contributed by atoms with Gasteiger partial charge in [0.25, 0.3) is 11.5 Å². The SMILES string of the molecule is CSCC[C@@H](NC(=O)c1ccc(=O)[nH]n1)C(=O)O. The van der Waals surface area contributed by atoms with Crippen LogP contribution in [0.15, 0.2) is 16.9 Å². The van der Waals surface area contributed by atoms with Crippen LogP contribution in [0.2, 0.25) is 0 Å². The number of carbonyl (C=O) groups excluding carboxylic acids is 1. The summed E-state index contributed by atoms with van der Waals surface area (Å²) in [4.78, 5) is 33.4. The van der Waals surface area contributed by atoms with Crippen molar-refractivity contribution in [2.75, 3.05) is 12.0 Å². The van der Waals surface area contributed by atoms with Crippen LogP contribution in [0.25, 0.3) is 0 Å². The summed E-state index contributed by atoms with van der Waals surface area (Å²) in [5.74, 6) is -1.10. The highest BCUT2D eigenvalue weighted by Crippen LogP contribution is 2.02. The first-order valence-electron chi connectivity index (χ1n) is 5.13. The van der Waals surface area contributed by atoms with Crippen LogP contribution in [-0.2, 0) is 4.79 Å². The second-order valence-electron chi connectivity index (χ2n) is 3.45. The van der Waals surface area contributed by atoms with Gasteiger partial charge in [0, 0.05) is 6.07 Å². The van der Waals surface area contributed by atoms with E-state index in [4.69, 9.17) is 5.11 Å². The average molecular weight is 271 g/mol. The number of hydrogen-bond donors (Lipinski definition) is 3. The van der Waals surface area contributed by atoms with Gasteiger partial charge in [0.05, 0.1) is 0 Å². The van der Waals surface area contributed by atoms with Crippen molar-refractivity contribution in [1.29, 1.82) is 0 Å². The standard InChI is InChI=1S/C10H13N3O4S/c1-18-5-4-7(10(16)17)11-9(15)6-2-3-8(14)13-12-6/h2-3,7H,4-5H2,1H3,(H,11,15)(H,13,14)(H,16,17)/t7-/m1/s1. The topological polar surface area (TPSA) is 112 Å². The molecular weight excluding hydrogens is 258 g/mol. The smallest absolute Gasteiger partial charge is 0.326 e. The largest absolute Gasteiger partial charge is 0.480 e. The van der Waals surface area contributed by atoms with E-state index >= 15 is 0 Å². The van der Waals surface area contributed by atoms with Crippen molar-refractivity contribution in [3.05, 3.63) is 28.2 Å². The fourth-order valence-corrected chi connectivity index (χ4v) is 1.67. The summed E-state index contributed by atoms with van der Waals surface area (Å²) in [6.45, 7) is 0. The van der Waals surface area contributed by atoms with E-state index in [2.05, 4.69) is 15.5 Å². The predicted molar refractivity (Wildman–Crippen MR) is 66.7 cm³/mol. The Morgan fingerprint density at radius 3 is 2.78 bits per heavy atom. The molecule has 1 aromatic heterocycles. The average Bonchev–Trinajstić information content (AvgIpc) is 2.34. The molecule has 0 aliphatic carbocycles. The Hall–Kier alpha value is -1.83. The van der Waals surface area contributed by atoms with Crippen LogP contribution in [0.3, 0.4) is 0 Å². The van der Waals surface area contributed by atoms with Crippen LogP contribution in [0.5, 0.6) is 0 Å². The first kappa shape index (κ1) is 14.2. The van der Waals surface area contributed by atoms with Crippen molar-refractivity contribution in [2.24, 2.45) is 0 Å². The van der Waals surface area contributed by atoms with Gasteiger partial charge in [-0.2, -0.15) is 16.9 Å². The molecule has 18 heavy (non-hydrogen) atoms. The number of aliphatic carboxylic acids is 1. The zero-order valence-corrected chi connectivity index (χ0v) is 10.5. The highest BCUT2D eigenvalue weighted by Gasteiger charge is 2.20. The first-order valence-corrected chi connectivity index (χ1v) is 6.52. The molecule has 0 aliphatic heterocycles. The maximum Gasteiger partial charge on any atom is 0.326 e. The molecule has 1 heterocycles. The third-order valence-corrected chi connectivity index (χ3v) is 2.77. The summed E-state index contributed by atoms with van der Waals surface area (Å²) in [6, 6.07) is 1.43. The Kier molecular flexibility index (Phi) is 5.37. The van der Waals surface area contributed by atoms with Crippen molar-refractivity contribution < 1.29 is 14.7 Å². The number of nitrogens with zero attached hydrogens (tertiary/aromatic N) is 1. The van der Waals surface area contributed by atoms with Crippen LogP contribution in [0.1, 0.15) is 16.9 Å². The van der Waals surface area contributed by atoms with E-state index in [0.717, 1.165) is 6.07 Å². The molecule has 1 amide bonds. The molecule has 98 valence electrons. The van der Waals surface area contributed by atoms with E-state index in [1.54, 1.807) is 0 Å². The molecule has 0 unspecified atom stereocenters. The number of aromatic amines is 1. The van der Waals surface area contributed by atoms with Crippen LogP contribution >= 0.6 is 11.8 Å².